The molecule has 1 amide bonds. The van der Waals surface area contributed by atoms with Crippen LogP contribution in [0.5, 0.6) is 5.75 Å². The largest absolute Gasteiger partial charge is 0.478 e. The Labute approximate surface area is 201 Å². The molecule has 0 aliphatic carbocycles. The number of aromatic nitrogens is 2. The van der Waals surface area contributed by atoms with Crippen molar-refractivity contribution in [1.29, 1.82) is 0 Å². The molecule has 0 radical (unpaired) electrons. The standard InChI is InChI=1S/C26H24FN3O3S/c1-16-13-14-17(2)21(15-16)28-24(31)23(19-9-5-4-6-10-19)34-26-30-29-25(33-26)18(3)32-22-12-8-7-11-20(22)27/h4-15,18,23H,1-3H3,(H,28,31)/t18-,23-/m1/s1. The van der Waals surface area contributed by atoms with Gasteiger partial charge in [0.1, 0.15) is 5.25 Å². The molecule has 0 spiro atoms. The molecule has 8 heteroatoms. The number of thioether (sulfide) groups is 1. The molecule has 0 saturated carbocycles. The SMILES string of the molecule is Cc1ccc(C)c(NC(=O)[C@H](Sc2nnc([C@@H](C)Oc3ccccc3F)o2)c2ccccc2)c1. The van der Waals surface area contributed by atoms with Gasteiger partial charge in [-0.25, -0.2) is 4.39 Å². The second-order valence-electron chi connectivity index (χ2n) is 7.81. The molecular formula is C26H24FN3O3S. The number of rotatable bonds is 8. The summed E-state index contributed by atoms with van der Waals surface area (Å²) in [5.74, 6) is -0.402. The van der Waals surface area contributed by atoms with Gasteiger partial charge in [0.15, 0.2) is 17.7 Å². The zero-order chi connectivity index (χ0) is 24.1. The third kappa shape index (κ3) is 5.63. The van der Waals surface area contributed by atoms with Gasteiger partial charge in [-0.05, 0) is 67.4 Å². The lowest BCUT2D eigenvalue weighted by molar-refractivity contribution is -0.115. The van der Waals surface area contributed by atoms with E-state index in [2.05, 4.69) is 15.5 Å². The first-order valence-electron chi connectivity index (χ1n) is 10.7. The maximum atomic E-state index is 13.9. The van der Waals surface area contributed by atoms with Gasteiger partial charge >= 0.3 is 0 Å². The quantitative estimate of drug-likeness (QED) is 0.294. The van der Waals surface area contributed by atoms with Crippen molar-refractivity contribution in [3.05, 3.63) is 101 Å². The van der Waals surface area contributed by atoms with Crippen molar-refractivity contribution in [2.75, 3.05) is 5.32 Å². The molecule has 0 unspecified atom stereocenters. The number of nitrogens with one attached hydrogen (secondary N) is 1. The minimum atomic E-state index is -0.669. The van der Waals surface area contributed by atoms with Gasteiger partial charge in [0, 0.05) is 5.69 Å². The number of para-hydroxylation sites is 1. The number of aryl methyl sites for hydroxylation is 2. The van der Waals surface area contributed by atoms with Gasteiger partial charge in [-0.2, -0.15) is 0 Å². The van der Waals surface area contributed by atoms with Crippen LogP contribution >= 0.6 is 11.8 Å². The van der Waals surface area contributed by atoms with E-state index in [0.717, 1.165) is 34.1 Å². The molecular weight excluding hydrogens is 453 g/mol. The zero-order valence-corrected chi connectivity index (χ0v) is 19.8. The number of halogens is 1. The maximum absolute atomic E-state index is 13.9. The molecule has 174 valence electrons. The molecule has 0 saturated heterocycles. The highest BCUT2D eigenvalue weighted by Gasteiger charge is 2.26. The van der Waals surface area contributed by atoms with E-state index in [1.165, 1.54) is 12.1 Å². The molecule has 1 aromatic heterocycles. The highest BCUT2D eigenvalue weighted by atomic mass is 32.2. The molecule has 0 aliphatic heterocycles. The summed E-state index contributed by atoms with van der Waals surface area (Å²) in [5.41, 5.74) is 3.57. The van der Waals surface area contributed by atoms with Crippen LogP contribution in [-0.2, 0) is 4.79 Å². The van der Waals surface area contributed by atoms with E-state index in [0.29, 0.717) is 0 Å². The molecule has 1 heterocycles. The Morgan fingerprint density at radius 3 is 2.53 bits per heavy atom. The topological polar surface area (TPSA) is 77.2 Å². The van der Waals surface area contributed by atoms with Gasteiger partial charge in [0.25, 0.3) is 11.1 Å². The van der Waals surface area contributed by atoms with E-state index >= 15 is 0 Å². The smallest absolute Gasteiger partial charge is 0.277 e. The fourth-order valence-corrected chi connectivity index (χ4v) is 4.17. The number of nitrogens with zero attached hydrogens (tertiary/aromatic N) is 2. The van der Waals surface area contributed by atoms with Crippen molar-refractivity contribution in [3.63, 3.8) is 0 Å². The minimum Gasteiger partial charge on any atom is -0.478 e. The molecule has 6 nitrogen and oxygen atoms in total. The van der Waals surface area contributed by atoms with Gasteiger partial charge in [0.05, 0.1) is 0 Å². The Morgan fingerprint density at radius 2 is 1.76 bits per heavy atom. The molecule has 3 aromatic carbocycles. The fraction of sp³-hybridized carbons (Fsp3) is 0.192. The van der Waals surface area contributed by atoms with Crippen LogP contribution in [0.3, 0.4) is 0 Å². The van der Waals surface area contributed by atoms with E-state index in [-0.39, 0.29) is 22.8 Å². The first-order valence-corrected chi connectivity index (χ1v) is 11.6. The van der Waals surface area contributed by atoms with Crippen molar-refractivity contribution >= 4 is 23.4 Å². The normalized spacial score (nSPS) is 12.7. The monoisotopic (exact) mass is 477 g/mol. The third-order valence-corrected chi connectivity index (χ3v) is 6.21. The van der Waals surface area contributed by atoms with Crippen molar-refractivity contribution in [3.8, 4) is 5.75 Å². The van der Waals surface area contributed by atoms with Crippen molar-refractivity contribution in [1.82, 2.24) is 10.2 Å². The van der Waals surface area contributed by atoms with Crippen LogP contribution in [0.1, 0.15) is 40.9 Å². The number of amides is 1. The van der Waals surface area contributed by atoms with Gasteiger partial charge in [-0.1, -0.05) is 54.6 Å². The van der Waals surface area contributed by atoms with Crippen LogP contribution in [0, 0.1) is 19.7 Å². The molecule has 34 heavy (non-hydrogen) atoms. The average molecular weight is 478 g/mol. The Kier molecular flexibility index (Phi) is 7.27. The van der Waals surface area contributed by atoms with E-state index in [1.807, 2.05) is 62.4 Å². The number of benzene rings is 3. The summed E-state index contributed by atoms with van der Waals surface area (Å²) in [5, 5.41) is 10.7. The first-order chi connectivity index (χ1) is 16.4. The Bertz CT molecular complexity index is 1280. The first kappa shape index (κ1) is 23.5. The maximum Gasteiger partial charge on any atom is 0.277 e. The van der Waals surface area contributed by atoms with Crippen molar-refractivity contribution < 1.29 is 18.3 Å². The summed E-state index contributed by atoms with van der Waals surface area (Å²) in [6, 6.07) is 21.4. The molecule has 4 rings (SSSR count). The summed E-state index contributed by atoms with van der Waals surface area (Å²) >= 11 is 1.14. The number of carbonyl (C=O) groups excluding carboxylic acids is 1. The Morgan fingerprint density at radius 1 is 1.03 bits per heavy atom. The number of ether oxygens (including phenoxy) is 1. The van der Waals surface area contributed by atoms with Crippen LogP contribution in [0.2, 0.25) is 0 Å². The molecule has 1 N–H and O–H groups in total. The summed E-state index contributed by atoms with van der Waals surface area (Å²) in [6.45, 7) is 5.61. The van der Waals surface area contributed by atoms with Gasteiger partial charge in [-0.15, -0.1) is 10.2 Å². The number of hydrogen-bond acceptors (Lipinski definition) is 6. The molecule has 4 aromatic rings. The average Bonchev–Trinajstić information content (AvgIpc) is 3.31. The predicted molar refractivity (Wildman–Crippen MR) is 129 cm³/mol. The van der Waals surface area contributed by atoms with E-state index in [1.54, 1.807) is 19.1 Å². The highest BCUT2D eigenvalue weighted by Crippen LogP contribution is 2.37. The van der Waals surface area contributed by atoms with Crippen LogP contribution in [0.15, 0.2) is 82.4 Å². The number of hydrogen-bond donors (Lipinski definition) is 1. The van der Waals surface area contributed by atoms with Crippen LogP contribution in [-0.4, -0.2) is 16.1 Å². The lowest BCUT2D eigenvalue weighted by Gasteiger charge is -2.16. The van der Waals surface area contributed by atoms with Gasteiger partial charge < -0.3 is 14.5 Å². The molecule has 2 atom stereocenters. The minimum absolute atomic E-state index is 0.0949. The lowest BCUT2D eigenvalue weighted by Crippen LogP contribution is -2.19. The van der Waals surface area contributed by atoms with Crippen molar-refractivity contribution in [2.45, 2.75) is 37.3 Å². The summed E-state index contributed by atoms with van der Waals surface area (Å²) in [6.07, 6.45) is -0.669. The zero-order valence-electron chi connectivity index (χ0n) is 19.0. The lowest BCUT2D eigenvalue weighted by atomic mass is 10.1. The van der Waals surface area contributed by atoms with E-state index in [4.69, 9.17) is 9.15 Å². The van der Waals surface area contributed by atoms with Gasteiger partial charge in [0.2, 0.25) is 5.91 Å². The van der Waals surface area contributed by atoms with E-state index < -0.39 is 17.2 Å². The molecule has 0 fully saturated rings. The molecule has 0 aliphatic rings. The van der Waals surface area contributed by atoms with Crippen LogP contribution in [0.25, 0.3) is 0 Å². The van der Waals surface area contributed by atoms with Crippen LogP contribution in [0.4, 0.5) is 10.1 Å². The number of anilines is 1. The summed E-state index contributed by atoms with van der Waals surface area (Å²) in [4.78, 5) is 13.3. The Hall–Kier alpha value is -3.65. The summed E-state index contributed by atoms with van der Waals surface area (Å²) < 4.78 is 25.3. The predicted octanol–water partition coefficient (Wildman–Crippen LogP) is 6.44. The van der Waals surface area contributed by atoms with Crippen LogP contribution < -0.4 is 10.1 Å². The number of carbonyl (C=O) groups is 1. The second-order valence-corrected chi connectivity index (χ2v) is 8.87. The van der Waals surface area contributed by atoms with Crippen molar-refractivity contribution in [2.24, 2.45) is 0 Å². The fourth-order valence-electron chi connectivity index (χ4n) is 3.28. The molecule has 0 bridgehead atoms. The Balaban J connectivity index is 1.53. The highest BCUT2D eigenvalue weighted by molar-refractivity contribution is 8.00. The third-order valence-electron chi connectivity index (χ3n) is 5.12. The summed E-state index contributed by atoms with van der Waals surface area (Å²) in [7, 11) is 0. The van der Waals surface area contributed by atoms with E-state index in [9.17, 15) is 9.18 Å². The van der Waals surface area contributed by atoms with Gasteiger partial charge in [-0.3, -0.25) is 4.79 Å². The second kappa shape index (κ2) is 10.5.